The number of pyridine rings is 1. The highest BCUT2D eigenvalue weighted by Crippen LogP contribution is 2.32. The molecule has 2 aromatic rings. The summed E-state index contributed by atoms with van der Waals surface area (Å²) in [5.74, 6) is 6.13. The van der Waals surface area contributed by atoms with Crippen molar-refractivity contribution in [3.63, 3.8) is 0 Å². The van der Waals surface area contributed by atoms with Crippen molar-refractivity contribution in [2.75, 3.05) is 10.7 Å². The van der Waals surface area contributed by atoms with Crippen molar-refractivity contribution in [3.8, 4) is 0 Å². The van der Waals surface area contributed by atoms with Crippen LogP contribution in [0.4, 0.5) is 17.3 Å². The molecule has 100 valence electrons. The van der Waals surface area contributed by atoms with Crippen molar-refractivity contribution in [3.05, 3.63) is 42.9 Å². The minimum absolute atomic E-state index is 0.345. The molecular formula is C11H8Cl3IN4. The summed E-state index contributed by atoms with van der Waals surface area (Å²) in [6.07, 6.45) is 0. The molecule has 0 spiro atoms. The van der Waals surface area contributed by atoms with Crippen molar-refractivity contribution >= 4 is 74.7 Å². The van der Waals surface area contributed by atoms with E-state index in [2.05, 4.69) is 38.3 Å². The van der Waals surface area contributed by atoms with Crippen LogP contribution < -0.4 is 16.6 Å². The third-order valence-electron chi connectivity index (χ3n) is 2.25. The number of nitrogens with two attached hydrogens (primary N) is 1. The second-order valence-electron chi connectivity index (χ2n) is 3.54. The fourth-order valence-electron chi connectivity index (χ4n) is 1.37. The number of halogens is 4. The molecule has 19 heavy (non-hydrogen) atoms. The molecule has 0 aliphatic carbocycles. The van der Waals surface area contributed by atoms with Crippen LogP contribution in [0.5, 0.6) is 0 Å². The fraction of sp³-hybridized carbons (Fsp3) is 0. The number of anilines is 3. The summed E-state index contributed by atoms with van der Waals surface area (Å²) < 4.78 is 0.945. The number of nitrogens with one attached hydrogen (secondary N) is 2. The summed E-state index contributed by atoms with van der Waals surface area (Å²) in [5.41, 5.74) is 3.25. The van der Waals surface area contributed by atoms with E-state index in [9.17, 15) is 0 Å². The standard InChI is InChI=1S/C11H8Cl3IN4/c12-5-1-2-9(8(15)3-5)17-10-6(13)4-7(14)11(18-10)19-16/h1-4H,16H2,(H2,17,18,19). The van der Waals surface area contributed by atoms with Crippen molar-refractivity contribution in [1.29, 1.82) is 0 Å². The van der Waals surface area contributed by atoms with Gasteiger partial charge in [-0.15, -0.1) is 0 Å². The maximum Gasteiger partial charge on any atom is 0.161 e. The van der Waals surface area contributed by atoms with Gasteiger partial charge in [-0.3, -0.25) is 0 Å². The Morgan fingerprint density at radius 2 is 1.74 bits per heavy atom. The number of aromatic nitrogens is 1. The first kappa shape index (κ1) is 14.9. The molecule has 1 aromatic carbocycles. The zero-order valence-electron chi connectivity index (χ0n) is 9.35. The molecule has 4 N–H and O–H groups in total. The van der Waals surface area contributed by atoms with E-state index in [0.29, 0.717) is 26.7 Å². The zero-order chi connectivity index (χ0) is 14.0. The maximum absolute atomic E-state index is 6.09. The van der Waals surface area contributed by atoms with Gasteiger partial charge < -0.3 is 10.7 Å². The second kappa shape index (κ2) is 6.32. The Balaban J connectivity index is 2.37. The van der Waals surface area contributed by atoms with E-state index in [4.69, 9.17) is 40.6 Å². The Bertz CT molecular complexity index is 621. The molecule has 4 nitrogen and oxygen atoms in total. The first-order valence-electron chi connectivity index (χ1n) is 5.06. The van der Waals surface area contributed by atoms with Gasteiger partial charge in [0.05, 0.1) is 15.7 Å². The van der Waals surface area contributed by atoms with E-state index in [1.165, 1.54) is 0 Å². The van der Waals surface area contributed by atoms with Crippen LogP contribution in [0, 0.1) is 3.57 Å². The molecule has 0 saturated carbocycles. The highest BCUT2D eigenvalue weighted by Gasteiger charge is 2.10. The largest absolute Gasteiger partial charge is 0.338 e. The molecule has 8 heteroatoms. The summed E-state index contributed by atoms with van der Waals surface area (Å²) in [5, 5.41) is 4.52. The normalized spacial score (nSPS) is 10.4. The van der Waals surface area contributed by atoms with Crippen molar-refractivity contribution in [2.45, 2.75) is 0 Å². The summed E-state index contributed by atoms with van der Waals surface area (Å²) >= 11 is 20.1. The highest BCUT2D eigenvalue weighted by molar-refractivity contribution is 14.1. The van der Waals surface area contributed by atoms with E-state index in [0.717, 1.165) is 9.26 Å². The van der Waals surface area contributed by atoms with Gasteiger partial charge in [0, 0.05) is 8.59 Å². The third kappa shape index (κ3) is 3.55. The van der Waals surface area contributed by atoms with Crippen LogP contribution in [0.15, 0.2) is 24.3 Å². The Kier molecular flexibility index (Phi) is 4.97. The molecule has 0 radical (unpaired) electrons. The van der Waals surface area contributed by atoms with Gasteiger partial charge in [0.15, 0.2) is 11.6 Å². The first-order chi connectivity index (χ1) is 9.01. The number of benzene rings is 1. The molecule has 0 amide bonds. The van der Waals surface area contributed by atoms with Crippen LogP contribution in [0.3, 0.4) is 0 Å². The lowest BCUT2D eigenvalue weighted by molar-refractivity contribution is 1.22. The Morgan fingerprint density at radius 1 is 1.05 bits per heavy atom. The van der Waals surface area contributed by atoms with E-state index in [-0.39, 0.29) is 0 Å². The Hall–Kier alpha value is -0.470. The lowest BCUT2D eigenvalue weighted by Gasteiger charge is -2.12. The number of hydrogen-bond donors (Lipinski definition) is 3. The van der Waals surface area contributed by atoms with Gasteiger partial charge in [0.25, 0.3) is 0 Å². The number of hydrazine groups is 1. The molecule has 2 rings (SSSR count). The van der Waals surface area contributed by atoms with Gasteiger partial charge in [-0.25, -0.2) is 10.8 Å². The molecule has 0 aliphatic rings. The van der Waals surface area contributed by atoms with Gasteiger partial charge >= 0.3 is 0 Å². The number of rotatable bonds is 3. The van der Waals surface area contributed by atoms with Gasteiger partial charge in [-0.2, -0.15) is 0 Å². The van der Waals surface area contributed by atoms with Gasteiger partial charge in [-0.1, -0.05) is 34.8 Å². The molecule has 0 fully saturated rings. The van der Waals surface area contributed by atoms with E-state index < -0.39 is 0 Å². The predicted molar refractivity (Wildman–Crippen MR) is 89.5 cm³/mol. The summed E-state index contributed by atoms with van der Waals surface area (Å²) in [7, 11) is 0. The van der Waals surface area contributed by atoms with Gasteiger partial charge in [0.2, 0.25) is 0 Å². The summed E-state index contributed by atoms with van der Waals surface area (Å²) in [6.45, 7) is 0. The molecule has 1 aromatic heterocycles. The average molecular weight is 429 g/mol. The summed E-state index contributed by atoms with van der Waals surface area (Å²) in [6, 6.07) is 7.01. The average Bonchev–Trinajstić information content (AvgIpc) is 2.35. The molecule has 0 bridgehead atoms. The van der Waals surface area contributed by atoms with Crippen LogP contribution in [0.2, 0.25) is 15.1 Å². The van der Waals surface area contributed by atoms with Gasteiger partial charge in [0.1, 0.15) is 0 Å². The molecular weight excluding hydrogens is 421 g/mol. The van der Waals surface area contributed by atoms with Crippen LogP contribution >= 0.6 is 57.4 Å². The van der Waals surface area contributed by atoms with E-state index in [1.807, 2.05) is 12.1 Å². The minimum Gasteiger partial charge on any atom is -0.338 e. The second-order valence-corrected chi connectivity index (χ2v) is 5.96. The minimum atomic E-state index is 0.345. The Morgan fingerprint density at radius 3 is 2.37 bits per heavy atom. The van der Waals surface area contributed by atoms with Crippen LogP contribution in [-0.2, 0) is 0 Å². The van der Waals surface area contributed by atoms with E-state index in [1.54, 1.807) is 12.1 Å². The van der Waals surface area contributed by atoms with Crippen molar-refractivity contribution in [1.82, 2.24) is 4.98 Å². The Labute approximate surface area is 138 Å². The summed E-state index contributed by atoms with van der Waals surface area (Å²) in [4.78, 5) is 4.20. The van der Waals surface area contributed by atoms with Crippen LogP contribution in [-0.4, -0.2) is 4.98 Å². The molecule has 0 aliphatic heterocycles. The SMILES string of the molecule is NNc1nc(Nc2ccc(Cl)cc2I)c(Cl)cc1Cl. The molecule has 0 saturated heterocycles. The highest BCUT2D eigenvalue weighted by atomic mass is 127. The number of hydrogen-bond acceptors (Lipinski definition) is 4. The predicted octanol–water partition coefficient (Wildman–Crippen LogP) is 4.68. The fourth-order valence-corrected chi connectivity index (χ4v) is 2.84. The number of nitrogen functional groups attached to an aromatic ring is 1. The lowest BCUT2D eigenvalue weighted by Crippen LogP contribution is -2.10. The van der Waals surface area contributed by atoms with Crippen LogP contribution in [0.1, 0.15) is 0 Å². The lowest BCUT2D eigenvalue weighted by atomic mass is 10.3. The molecule has 0 atom stereocenters. The quantitative estimate of drug-likeness (QED) is 0.377. The maximum atomic E-state index is 6.09. The first-order valence-corrected chi connectivity index (χ1v) is 7.27. The number of nitrogens with zero attached hydrogens (tertiary/aromatic N) is 1. The zero-order valence-corrected chi connectivity index (χ0v) is 13.8. The molecule has 1 heterocycles. The third-order valence-corrected chi connectivity index (χ3v) is 3.95. The van der Waals surface area contributed by atoms with Gasteiger partial charge in [-0.05, 0) is 46.9 Å². The van der Waals surface area contributed by atoms with Crippen molar-refractivity contribution in [2.24, 2.45) is 5.84 Å². The monoisotopic (exact) mass is 428 g/mol. The topological polar surface area (TPSA) is 63.0 Å². The van der Waals surface area contributed by atoms with E-state index >= 15 is 0 Å². The molecule has 0 unspecified atom stereocenters. The smallest absolute Gasteiger partial charge is 0.161 e. The van der Waals surface area contributed by atoms with Crippen LogP contribution in [0.25, 0.3) is 0 Å². The van der Waals surface area contributed by atoms with Crippen molar-refractivity contribution < 1.29 is 0 Å².